The molecule has 2 atom stereocenters. The molecule has 100 valence electrons. The van der Waals surface area contributed by atoms with Gasteiger partial charge in [-0.15, -0.1) is 12.4 Å². The topological polar surface area (TPSA) is 39.1 Å². The first-order chi connectivity index (χ1) is 8.85. The van der Waals surface area contributed by atoms with Crippen molar-refractivity contribution in [2.24, 2.45) is 0 Å². The number of nitriles is 1. The van der Waals surface area contributed by atoms with E-state index in [9.17, 15) is 0 Å². The highest BCUT2D eigenvalue weighted by atomic mass is 35.5. The Bertz CT molecular complexity index is 492. The summed E-state index contributed by atoms with van der Waals surface area (Å²) in [5.74, 6) is 0. The standard InChI is InChI=1S/C15H17N3.ClH/c16-7-6-13-8-14-10-18(11-15(13)17-14)9-12-4-2-1-3-5-12;/h1-6,14-15,17H,8-11H2;1H. The fourth-order valence-corrected chi connectivity index (χ4v) is 3.02. The summed E-state index contributed by atoms with van der Waals surface area (Å²) in [7, 11) is 0. The van der Waals surface area contributed by atoms with Crippen LogP contribution in [-0.4, -0.2) is 30.1 Å². The summed E-state index contributed by atoms with van der Waals surface area (Å²) in [6.07, 6.45) is 2.76. The van der Waals surface area contributed by atoms with Crippen LogP contribution in [0.3, 0.4) is 0 Å². The second-order valence-electron chi connectivity index (χ2n) is 5.15. The summed E-state index contributed by atoms with van der Waals surface area (Å²) in [6.45, 7) is 3.10. The molecule has 2 bridgehead atoms. The summed E-state index contributed by atoms with van der Waals surface area (Å²) in [4.78, 5) is 2.49. The van der Waals surface area contributed by atoms with Gasteiger partial charge < -0.3 is 5.32 Å². The van der Waals surface area contributed by atoms with Crippen LogP contribution in [0.5, 0.6) is 0 Å². The average Bonchev–Trinajstić information content (AvgIpc) is 2.66. The van der Waals surface area contributed by atoms with Gasteiger partial charge in [-0.2, -0.15) is 5.26 Å². The van der Waals surface area contributed by atoms with Crippen LogP contribution in [0.4, 0.5) is 0 Å². The van der Waals surface area contributed by atoms with Crippen molar-refractivity contribution >= 4 is 12.4 Å². The Morgan fingerprint density at radius 1 is 1.32 bits per heavy atom. The smallest absolute Gasteiger partial charge is 0.0912 e. The molecule has 2 aliphatic heterocycles. The van der Waals surface area contributed by atoms with Crippen molar-refractivity contribution in [3.63, 3.8) is 0 Å². The molecule has 3 rings (SSSR count). The third kappa shape index (κ3) is 3.16. The Morgan fingerprint density at radius 2 is 2.11 bits per heavy atom. The van der Waals surface area contributed by atoms with Crippen LogP contribution in [0.1, 0.15) is 12.0 Å². The van der Waals surface area contributed by atoms with Gasteiger partial charge >= 0.3 is 0 Å². The Hall–Kier alpha value is -1.34. The van der Waals surface area contributed by atoms with Gasteiger partial charge in [0.25, 0.3) is 0 Å². The number of hydrogen-bond acceptors (Lipinski definition) is 3. The van der Waals surface area contributed by atoms with Crippen LogP contribution >= 0.6 is 12.4 Å². The Morgan fingerprint density at radius 3 is 2.84 bits per heavy atom. The van der Waals surface area contributed by atoms with Crippen molar-refractivity contribution in [3.8, 4) is 6.07 Å². The minimum atomic E-state index is 0. The maximum absolute atomic E-state index is 8.78. The Balaban J connectivity index is 0.00000133. The molecule has 0 aliphatic carbocycles. The number of halogens is 1. The molecule has 0 saturated carbocycles. The van der Waals surface area contributed by atoms with E-state index in [4.69, 9.17) is 5.26 Å². The van der Waals surface area contributed by atoms with Gasteiger partial charge in [-0.25, -0.2) is 0 Å². The number of benzene rings is 1. The minimum absolute atomic E-state index is 0. The number of rotatable bonds is 2. The van der Waals surface area contributed by atoms with Gasteiger partial charge in [0.15, 0.2) is 0 Å². The number of nitrogens with zero attached hydrogens (tertiary/aromatic N) is 2. The average molecular weight is 276 g/mol. The predicted octanol–water partition coefficient (Wildman–Crippen LogP) is 2.10. The number of nitrogens with one attached hydrogen (secondary N) is 1. The first-order valence-electron chi connectivity index (χ1n) is 6.46. The number of piperazine rings is 1. The number of hydrogen-bond donors (Lipinski definition) is 1. The largest absolute Gasteiger partial charge is 0.305 e. The summed E-state index contributed by atoms with van der Waals surface area (Å²) in [5, 5.41) is 12.4. The van der Waals surface area contributed by atoms with Crippen LogP contribution in [0.15, 0.2) is 42.0 Å². The van der Waals surface area contributed by atoms with E-state index in [0.29, 0.717) is 12.1 Å². The summed E-state index contributed by atoms with van der Waals surface area (Å²) < 4.78 is 0. The zero-order chi connectivity index (χ0) is 12.4. The molecule has 2 aliphatic rings. The molecule has 1 aromatic rings. The zero-order valence-electron chi connectivity index (χ0n) is 10.7. The lowest BCUT2D eigenvalue weighted by molar-refractivity contribution is 0.192. The third-order valence-electron chi connectivity index (χ3n) is 3.78. The molecule has 0 spiro atoms. The summed E-state index contributed by atoms with van der Waals surface area (Å²) in [6, 6.07) is 13.7. The molecule has 2 unspecified atom stereocenters. The maximum atomic E-state index is 8.78. The third-order valence-corrected chi connectivity index (χ3v) is 3.78. The monoisotopic (exact) mass is 275 g/mol. The van der Waals surface area contributed by atoms with Crippen molar-refractivity contribution < 1.29 is 0 Å². The Labute approximate surface area is 120 Å². The lowest BCUT2D eigenvalue weighted by Crippen LogP contribution is -2.50. The molecule has 0 amide bonds. The molecule has 19 heavy (non-hydrogen) atoms. The van der Waals surface area contributed by atoms with Crippen molar-refractivity contribution in [1.29, 1.82) is 5.26 Å². The van der Waals surface area contributed by atoms with Gasteiger partial charge in [0, 0.05) is 37.8 Å². The fourth-order valence-electron chi connectivity index (χ4n) is 3.02. The second-order valence-corrected chi connectivity index (χ2v) is 5.15. The molecule has 2 saturated heterocycles. The van der Waals surface area contributed by atoms with Crippen LogP contribution in [0.25, 0.3) is 0 Å². The van der Waals surface area contributed by atoms with Crippen LogP contribution < -0.4 is 5.32 Å². The minimum Gasteiger partial charge on any atom is -0.305 e. The van der Waals surface area contributed by atoms with E-state index >= 15 is 0 Å². The SMILES string of the molecule is Cl.N#CC=C1CC2CN(Cc3ccccc3)CC1N2. The zero-order valence-corrected chi connectivity index (χ0v) is 11.6. The van der Waals surface area contributed by atoms with Gasteiger partial charge in [0.1, 0.15) is 0 Å². The quantitative estimate of drug-likeness (QED) is 0.840. The highest BCUT2D eigenvalue weighted by Crippen LogP contribution is 2.26. The number of likely N-dealkylation sites (tertiary alicyclic amines) is 1. The molecule has 4 heteroatoms. The second kappa shape index (κ2) is 6.21. The lowest BCUT2D eigenvalue weighted by Gasteiger charge is -2.32. The number of fused-ring (bicyclic) bond motifs is 2. The molecule has 0 radical (unpaired) electrons. The van der Waals surface area contributed by atoms with E-state index in [1.165, 1.54) is 11.1 Å². The van der Waals surface area contributed by atoms with Crippen molar-refractivity contribution in [2.45, 2.75) is 25.0 Å². The van der Waals surface area contributed by atoms with Gasteiger partial charge in [-0.3, -0.25) is 4.90 Å². The normalized spacial score (nSPS) is 27.8. The fraction of sp³-hybridized carbons (Fsp3) is 0.400. The highest BCUT2D eigenvalue weighted by Gasteiger charge is 2.35. The summed E-state index contributed by atoms with van der Waals surface area (Å²) >= 11 is 0. The molecule has 3 nitrogen and oxygen atoms in total. The molecule has 2 heterocycles. The van der Waals surface area contributed by atoms with Crippen LogP contribution in [0, 0.1) is 11.3 Å². The van der Waals surface area contributed by atoms with Crippen molar-refractivity contribution in [3.05, 3.63) is 47.5 Å². The summed E-state index contributed by atoms with van der Waals surface area (Å²) in [5.41, 5.74) is 2.64. The molecular formula is C15H18ClN3. The van der Waals surface area contributed by atoms with E-state index in [0.717, 1.165) is 26.1 Å². The van der Waals surface area contributed by atoms with E-state index in [2.05, 4.69) is 46.6 Å². The van der Waals surface area contributed by atoms with Crippen molar-refractivity contribution in [1.82, 2.24) is 10.2 Å². The van der Waals surface area contributed by atoms with Crippen LogP contribution in [0.2, 0.25) is 0 Å². The first kappa shape index (κ1) is 14.1. The molecular weight excluding hydrogens is 258 g/mol. The maximum Gasteiger partial charge on any atom is 0.0912 e. The Kier molecular flexibility index (Phi) is 4.60. The van der Waals surface area contributed by atoms with Gasteiger partial charge in [0.2, 0.25) is 0 Å². The van der Waals surface area contributed by atoms with E-state index in [1.54, 1.807) is 6.08 Å². The molecule has 1 N–H and O–H groups in total. The van der Waals surface area contributed by atoms with Gasteiger partial charge in [-0.05, 0) is 17.6 Å². The molecule has 0 aromatic heterocycles. The van der Waals surface area contributed by atoms with Crippen molar-refractivity contribution in [2.75, 3.05) is 13.1 Å². The van der Waals surface area contributed by atoms with Crippen LogP contribution in [-0.2, 0) is 6.54 Å². The van der Waals surface area contributed by atoms with E-state index < -0.39 is 0 Å². The van der Waals surface area contributed by atoms with E-state index in [1.807, 2.05) is 0 Å². The predicted molar refractivity (Wildman–Crippen MR) is 78.0 cm³/mol. The molecule has 2 fully saturated rings. The first-order valence-corrected chi connectivity index (χ1v) is 6.46. The highest BCUT2D eigenvalue weighted by molar-refractivity contribution is 5.85. The lowest BCUT2D eigenvalue weighted by atomic mass is 10.1. The van der Waals surface area contributed by atoms with E-state index in [-0.39, 0.29) is 12.4 Å². The van der Waals surface area contributed by atoms with Gasteiger partial charge in [0.05, 0.1) is 6.07 Å². The van der Waals surface area contributed by atoms with Gasteiger partial charge in [-0.1, -0.05) is 30.3 Å². The number of allylic oxidation sites excluding steroid dienone is 1. The molecule has 1 aromatic carbocycles.